The molecule has 0 radical (unpaired) electrons. The number of alkyl halides is 5. The van der Waals surface area contributed by atoms with Crippen LogP contribution in [0.5, 0.6) is 0 Å². The Balaban J connectivity index is 2.85. The summed E-state index contributed by atoms with van der Waals surface area (Å²) in [4.78, 5) is 10.9. The van der Waals surface area contributed by atoms with Crippen LogP contribution in [0.15, 0.2) is 24.3 Å². The molecule has 1 aromatic carbocycles. The number of carbonyl (C=O) groups is 1. The Hall–Kier alpha value is -1.86. The lowest BCUT2D eigenvalue weighted by Gasteiger charge is -2.21. The molecule has 0 aromatic heterocycles. The molecule has 0 atom stereocenters. The third kappa shape index (κ3) is 3.08. The minimum atomic E-state index is -5.65. The van der Waals surface area contributed by atoms with Gasteiger partial charge in [-0.05, 0) is 12.1 Å². The van der Waals surface area contributed by atoms with Crippen LogP contribution in [0, 0.1) is 0 Å². The Bertz CT molecular complexity index is 444. The second-order valence-corrected chi connectivity index (χ2v) is 3.47. The van der Waals surface area contributed by atoms with E-state index in [0.717, 1.165) is 0 Å². The highest BCUT2D eigenvalue weighted by Crippen LogP contribution is 2.35. The van der Waals surface area contributed by atoms with E-state index in [9.17, 15) is 26.7 Å². The van der Waals surface area contributed by atoms with E-state index in [1.165, 1.54) is 24.3 Å². The molecular formula is C10H9F5N2O. The van der Waals surface area contributed by atoms with Crippen LogP contribution in [-0.2, 0) is 0 Å². The second kappa shape index (κ2) is 4.79. The van der Waals surface area contributed by atoms with E-state index in [1.54, 1.807) is 0 Å². The zero-order chi connectivity index (χ0) is 14.0. The van der Waals surface area contributed by atoms with Crippen molar-refractivity contribution in [2.75, 3.05) is 11.9 Å². The van der Waals surface area contributed by atoms with Crippen LogP contribution in [0.25, 0.3) is 0 Å². The zero-order valence-electron chi connectivity index (χ0n) is 8.89. The first-order valence-electron chi connectivity index (χ1n) is 4.72. The topological polar surface area (TPSA) is 55.1 Å². The van der Waals surface area contributed by atoms with Crippen molar-refractivity contribution in [1.29, 1.82) is 0 Å². The van der Waals surface area contributed by atoms with E-state index >= 15 is 0 Å². The number of nitrogens with one attached hydrogen (secondary N) is 1. The van der Waals surface area contributed by atoms with Crippen LogP contribution < -0.4 is 11.1 Å². The standard InChI is InChI=1S/C10H9F5N2O/c11-9(12,10(13,14)15)5-17-7-4-2-1-3-6(7)8(16)18/h1-4,17H,5H2,(H2,16,18). The summed E-state index contributed by atoms with van der Waals surface area (Å²) in [7, 11) is 0. The summed E-state index contributed by atoms with van der Waals surface area (Å²) in [5.41, 5.74) is 4.62. The van der Waals surface area contributed by atoms with Crippen LogP contribution in [-0.4, -0.2) is 24.6 Å². The molecule has 3 N–H and O–H groups in total. The molecule has 0 fully saturated rings. The number of carbonyl (C=O) groups excluding carboxylic acids is 1. The molecule has 1 aromatic rings. The van der Waals surface area contributed by atoms with Crippen LogP contribution in [0.3, 0.4) is 0 Å². The number of amides is 1. The summed E-state index contributed by atoms with van der Waals surface area (Å²) in [5, 5.41) is 1.87. The molecule has 8 heteroatoms. The first-order chi connectivity index (χ1) is 8.15. The molecule has 0 aliphatic rings. The number of rotatable bonds is 4. The van der Waals surface area contributed by atoms with E-state index in [1.807, 2.05) is 5.32 Å². The van der Waals surface area contributed by atoms with Crippen molar-refractivity contribution in [2.45, 2.75) is 12.1 Å². The third-order valence-electron chi connectivity index (χ3n) is 2.11. The molecular weight excluding hydrogens is 259 g/mol. The van der Waals surface area contributed by atoms with Crippen molar-refractivity contribution in [3.63, 3.8) is 0 Å². The highest BCUT2D eigenvalue weighted by molar-refractivity contribution is 5.98. The van der Waals surface area contributed by atoms with Crippen LogP contribution in [0.1, 0.15) is 10.4 Å². The van der Waals surface area contributed by atoms with Gasteiger partial charge in [-0.1, -0.05) is 12.1 Å². The molecule has 0 bridgehead atoms. The SMILES string of the molecule is NC(=O)c1ccccc1NCC(F)(F)C(F)(F)F. The van der Waals surface area contributed by atoms with Gasteiger partial charge < -0.3 is 11.1 Å². The molecule has 0 spiro atoms. The molecule has 1 rings (SSSR count). The van der Waals surface area contributed by atoms with Gasteiger partial charge in [0.15, 0.2) is 0 Å². The molecule has 0 aliphatic heterocycles. The Morgan fingerprint density at radius 1 is 1.17 bits per heavy atom. The fourth-order valence-electron chi connectivity index (χ4n) is 1.16. The number of nitrogens with two attached hydrogens (primary N) is 1. The van der Waals surface area contributed by atoms with Crippen molar-refractivity contribution in [1.82, 2.24) is 0 Å². The highest BCUT2D eigenvalue weighted by Gasteiger charge is 2.57. The quantitative estimate of drug-likeness (QED) is 0.824. The zero-order valence-corrected chi connectivity index (χ0v) is 8.89. The van der Waals surface area contributed by atoms with Crippen LogP contribution in [0.2, 0.25) is 0 Å². The number of halogens is 5. The molecule has 100 valence electrons. The fourth-order valence-corrected chi connectivity index (χ4v) is 1.16. The summed E-state index contributed by atoms with van der Waals surface area (Å²) < 4.78 is 61.0. The number of benzene rings is 1. The number of anilines is 1. The summed E-state index contributed by atoms with van der Waals surface area (Å²) in [5.74, 6) is -5.81. The molecule has 0 unspecified atom stereocenters. The van der Waals surface area contributed by atoms with Crippen molar-refractivity contribution in [3.8, 4) is 0 Å². The van der Waals surface area contributed by atoms with Crippen LogP contribution >= 0.6 is 0 Å². The Labute approximate surface area is 98.8 Å². The first-order valence-corrected chi connectivity index (χ1v) is 4.72. The van der Waals surface area contributed by atoms with E-state index in [0.29, 0.717) is 0 Å². The maximum atomic E-state index is 12.6. The molecule has 0 saturated heterocycles. The molecule has 18 heavy (non-hydrogen) atoms. The average molecular weight is 268 g/mol. The summed E-state index contributed by atoms with van der Waals surface area (Å²) in [6.07, 6.45) is -5.65. The number of hydrogen-bond donors (Lipinski definition) is 2. The first kappa shape index (κ1) is 14.2. The van der Waals surface area contributed by atoms with Gasteiger partial charge in [0.2, 0.25) is 0 Å². The van der Waals surface area contributed by atoms with Gasteiger partial charge in [0, 0.05) is 5.69 Å². The van der Waals surface area contributed by atoms with Crippen molar-refractivity contribution < 1.29 is 26.7 Å². The Kier molecular flexibility index (Phi) is 3.78. The minimum absolute atomic E-state index is 0.157. The monoisotopic (exact) mass is 268 g/mol. The summed E-state index contributed by atoms with van der Waals surface area (Å²) in [6, 6.07) is 5.19. The van der Waals surface area contributed by atoms with Gasteiger partial charge in [-0.3, -0.25) is 4.79 Å². The predicted octanol–water partition coefficient (Wildman–Crippen LogP) is 2.40. The lowest BCUT2D eigenvalue weighted by atomic mass is 10.1. The van der Waals surface area contributed by atoms with Gasteiger partial charge in [0.1, 0.15) is 0 Å². The average Bonchev–Trinajstić information content (AvgIpc) is 2.25. The van der Waals surface area contributed by atoms with Gasteiger partial charge in [-0.25, -0.2) is 0 Å². The molecule has 1 amide bonds. The lowest BCUT2D eigenvalue weighted by molar-refractivity contribution is -0.275. The van der Waals surface area contributed by atoms with E-state index in [-0.39, 0.29) is 11.3 Å². The Morgan fingerprint density at radius 2 is 1.72 bits per heavy atom. The molecule has 3 nitrogen and oxygen atoms in total. The van der Waals surface area contributed by atoms with Gasteiger partial charge in [-0.2, -0.15) is 22.0 Å². The summed E-state index contributed by atoms with van der Waals surface area (Å²) >= 11 is 0. The third-order valence-corrected chi connectivity index (χ3v) is 2.11. The van der Waals surface area contributed by atoms with Crippen LogP contribution in [0.4, 0.5) is 27.6 Å². The lowest BCUT2D eigenvalue weighted by Crippen LogP contribution is -2.42. The largest absolute Gasteiger partial charge is 0.455 e. The second-order valence-electron chi connectivity index (χ2n) is 3.47. The van der Waals surface area contributed by atoms with Gasteiger partial charge in [-0.15, -0.1) is 0 Å². The van der Waals surface area contributed by atoms with Crippen molar-refractivity contribution in [2.24, 2.45) is 5.73 Å². The minimum Gasteiger partial charge on any atom is -0.378 e. The fraction of sp³-hybridized carbons (Fsp3) is 0.300. The number of hydrogen-bond acceptors (Lipinski definition) is 2. The van der Waals surface area contributed by atoms with E-state index in [4.69, 9.17) is 5.73 Å². The van der Waals surface area contributed by atoms with Gasteiger partial charge in [0.05, 0.1) is 12.1 Å². The van der Waals surface area contributed by atoms with Gasteiger partial charge >= 0.3 is 12.1 Å². The Morgan fingerprint density at radius 3 is 2.22 bits per heavy atom. The molecule has 0 saturated carbocycles. The van der Waals surface area contributed by atoms with Gasteiger partial charge in [0.25, 0.3) is 5.91 Å². The van der Waals surface area contributed by atoms with E-state index in [2.05, 4.69) is 0 Å². The van der Waals surface area contributed by atoms with E-state index < -0.39 is 24.6 Å². The van der Waals surface area contributed by atoms with Crippen molar-refractivity contribution in [3.05, 3.63) is 29.8 Å². The number of para-hydroxylation sites is 1. The normalized spacial score (nSPS) is 12.3. The number of primary amides is 1. The van der Waals surface area contributed by atoms with Crippen molar-refractivity contribution >= 4 is 11.6 Å². The smallest absolute Gasteiger partial charge is 0.378 e. The molecule has 0 heterocycles. The maximum Gasteiger partial charge on any atom is 0.455 e. The highest BCUT2D eigenvalue weighted by atomic mass is 19.4. The summed E-state index contributed by atoms with van der Waals surface area (Å²) in [6.45, 7) is -1.67. The molecule has 0 aliphatic carbocycles. The predicted molar refractivity (Wildman–Crippen MR) is 54.5 cm³/mol. The maximum absolute atomic E-state index is 12.6.